The third-order valence-electron chi connectivity index (χ3n) is 3.28. The summed E-state index contributed by atoms with van der Waals surface area (Å²) in [4.78, 5) is 8.93. The largest absolute Gasteiger partial charge is 0.494 e. The lowest BCUT2D eigenvalue weighted by Gasteiger charge is -2.13. The van der Waals surface area contributed by atoms with Crippen LogP contribution in [0.5, 0.6) is 5.75 Å². The van der Waals surface area contributed by atoms with Crippen molar-refractivity contribution >= 4 is 17.5 Å². The Hall–Kier alpha value is -2.30. The molecule has 0 fully saturated rings. The highest BCUT2D eigenvalue weighted by Crippen LogP contribution is 2.20. The van der Waals surface area contributed by atoms with Gasteiger partial charge in [0.1, 0.15) is 11.6 Å². The molecule has 0 saturated heterocycles. The minimum Gasteiger partial charge on any atom is -0.494 e. The number of nitrogens with one attached hydrogen (secondary N) is 2. The summed E-state index contributed by atoms with van der Waals surface area (Å²) < 4.78 is 5.44. The van der Waals surface area contributed by atoms with E-state index in [1.807, 2.05) is 44.2 Å². The minimum absolute atomic E-state index is 0.347. The Balaban J connectivity index is 2.11. The summed E-state index contributed by atoms with van der Waals surface area (Å²) in [5.74, 6) is 2.30. The number of rotatable bonds is 7. The molecule has 2 rings (SSSR count). The second kappa shape index (κ2) is 7.64. The van der Waals surface area contributed by atoms with Gasteiger partial charge in [0.2, 0.25) is 5.95 Å². The van der Waals surface area contributed by atoms with Crippen LogP contribution in [0, 0.1) is 6.92 Å². The van der Waals surface area contributed by atoms with E-state index in [1.54, 1.807) is 0 Å². The molecule has 1 aromatic carbocycles. The summed E-state index contributed by atoms with van der Waals surface area (Å²) in [5, 5.41) is 6.60. The molecule has 1 unspecified atom stereocenters. The van der Waals surface area contributed by atoms with Crippen LogP contribution in [0.15, 0.2) is 30.3 Å². The van der Waals surface area contributed by atoms with E-state index in [1.165, 1.54) is 0 Å². The molecule has 0 aliphatic heterocycles. The monoisotopic (exact) mass is 300 g/mol. The second-order valence-corrected chi connectivity index (χ2v) is 5.25. The number of benzene rings is 1. The predicted molar refractivity (Wildman–Crippen MR) is 91.0 cm³/mol. The number of ether oxygens (including phenoxy) is 1. The average Bonchev–Trinajstić information content (AvgIpc) is 2.49. The van der Waals surface area contributed by atoms with Gasteiger partial charge in [0.05, 0.1) is 6.61 Å². The Kier molecular flexibility index (Phi) is 5.58. The van der Waals surface area contributed by atoms with E-state index < -0.39 is 0 Å². The van der Waals surface area contributed by atoms with Gasteiger partial charge >= 0.3 is 0 Å². The van der Waals surface area contributed by atoms with Crippen molar-refractivity contribution in [3.8, 4) is 5.75 Å². The molecule has 0 bridgehead atoms. The van der Waals surface area contributed by atoms with E-state index in [-0.39, 0.29) is 0 Å². The molecule has 0 aliphatic carbocycles. The minimum atomic E-state index is 0.347. The Morgan fingerprint density at radius 2 is 1.86 bits per heavy atom. The quantitative estimate of drug-likeness (QED) is 0.805. The number of hydrogen-bond donors (Lipinski definition) is 2. The van der Waals surface area contributed by atoms with E-state index in [0.29, 0.717) is 18.6 Å². The topological polar surface area (TPSA) is 59.1 Å². The SMILES string of the molecule is CCOc1ccc(Nc2cc(C)nc(NC(C)CC)n2)cc1. The molecule has 2 N–H and O–H groups in total. The number of hydrogen-bond acceptors (Lipinski definition) is 5. The van der Waals surface area contributed by atoms with Gasteiger partial charge in [0.25, 0.3) is 0 Å². The first kappa shape index (κ1) is 16.1. The average molecular weight is 300 g/mol. The molecule has 22 heavy (non-hydrogen) atoms. The number of aromatic nitrogens is 2. The third kappa shape index (κ3) is 4.62. The van der Waals surface area contributed by atoms with Gasteiger partial charge in [-0.25, -0.2) is 4.98 Å². The van der Waals surface area contributed by atoms with Gasteiger partial charge in [-0.3, -0.25) is 0 Å². The molecule has 1 atom stereocenters. The van der Waals surface area contributed by atoms with E-state index in [0.717, 1.165) is 29.4 Å². The van der Waals surface area contributed by atoms with Crippen LogP contribution >= 0.6 is 0 Å². The molecule has 0 spiro atoms. The second-order valence-electron chi connectivity index (χ2n) is 5.25. The number of anilines is 3. The van der Waals surface area contributed by atoms with Crippen molar-refractivity contribution in [2.45, 2.75) is 40.2 Å². The Morgan fingerprint density at radius 3 is 2.50 bits per heavy atom. The molecule has 118 valence electrons. The predicted octanol–water partition coefficient (Wildman–Crippen LogP) is 4.14. The smallest absolute Gasteiger partial charge is 0.225 e. The van der Waals surface area contributed by atoms with E-state index >= 15 is 0 Å². The highest BCUT2D eigenvalue weighted by atomic mass is 16.5. The van der Waals surface area contributed by atoms with Crippen LogP contribution in [0.4, 0.5) is 17.5 Å². The van der Waals surface area contributed by atoms with Crippen LogP contribution in [-0.4, -0.2) is 22.6 Å². The van der Waals surface area contributed by atoms with Gasteiger partial charge < -0.3 is 15.4 Å². The van der Waals surface area contributed by atoms with Crippen molar-refractivity contribution in [1.82, 2.24) is 9.97 Å². The highest BCUT2D eigenvalue weighted by Gasteiger charge is 2.05. The van der Waals surface area contributed by atoms with Crippen LogP contribution in [0.2, 0.25) is 0 Å². The van der Waals surface area contributed by atoms with E-state index in [2.05, 4.69) is 34.4 Å². The molecule has 0 saturated carbocycles. The summed E-state index contributed by atoms with van der Waals surface area (Å²) in [6.45, 7) is 8.86. The first-order valence-corrected chi connectivity index (χ1v) is 7.72. The Labute approximate surface area is 132 Å². The fourth-order valence-corrected chi connectivity index (χ4v) is 1.97. The molecule has 1 aromatic heterocycles. The van der Waals surface area contributed by atoms with Gasteiger partial charge in [-0.2, -0.15) is 4.98 Å². The van der Waals surface area contributed by atoms with Crippen LogP contribution in [-0.2, 0) is 0 Å². The zero-order valence-corrected chi connectivity index (χ0v) is 13.7. The van der Waals surface area contributed by atoms with Gasteiger partial charge in [-0.15, -0.1) is 0 Å². The Bertz CT molecular complexity index is 598. The van der Waals surface area contributed by atoms with Crippen LogP contribution in [0.25, 0.3) is 0 Å². The lowest BCUT2D eigenvalue weighted by atomic mass is 10.3. The highest BCUT2D eigenvalue weighted by molar-refractivity contribution is 5.58. The van der Waals surface area contributed by atoms with Crippen LogP contribution in [0.3, 0.4) is 0 Å². The Morgan fingerprint density at radius 1 is 1.14 bits per heavy atom. The van der Waals surface area contributed by atoms with Crippen molar-refractivity contribution < 1.29 is 4.74 Å². The zero-order valence-electron chi connectivity index (χ0n) is 13.7. The molecule has 5 heteroatoms. The first-order valence-electron chi connectivity index (χ1n) is 7.72. The molecular weight excluding hydrogens is 276 g/mol. The normalized spacial score (nSPS) is 11.8. The number of nitrogens with zero attached hydrogens (tertiary/aromatic N) is 2. The molecule has 0 aliphatic rings. The van der Waals surface area contributed by atoms with Gasteiger partial charge in [0, 0.05) is 23.5 Å². The van der Waals surface area contributed by atoms with Crippen molar-refractivity contribution in [1.29, 1.82) is 0 Å². The van der Waals surface area contributed by atoms with E-state index in [9.17, 15) is 0 Å². The first-order chi connectivity index (χ1) is 10.6. The maximum atomic E-state index is 5.44. The van der Waals surface area contributed by atoms with Crippen LogP contribution in [0.1, 0.15) is 32.9 Å². The molecule has 1 heterocycles. The summed E-state index contributed by atoms with van der Waals surface area (Å²) in [7, 11) is 0. The summed E-state index contributed by atoms with van der Waals surface area (Å²) in [6, 6.07) is 10.1. The summed E-state index contributed by atoms with van der Waals surface area (Å²) >= 11 is 0. The van der Waals surface area contributed by atoms with Crippen molar-refractivity contribution in [3.63, 3.8) is 0 Å². The molecule has 0 radical (unpaired) electrons. The molecule has 2 aromatic rings. The van der Waals surface area contributed by atoms with Gasteiger partial charge in [-0.05, 0) is 51.5 Å². The summed E-state index contributed by atoms with van der Waals surface area (Å²) in [6.07, 6.45) is 1.03. The molecule has 0 amide bonds. The van der Waals surface area contributed by atoms with E-state index in [4.69, 9.17) is 4.74 Å². The molecule has 5 nitrogen and oxygen atoms in total. The third-order valence-corrected chi connectivity index (χ3v) is 3.28. The molecular formula is C17H24N4O. The van der Waals surface area contributed by atoms with Crippen molar-refractivity contribution in [3.05, 3.63) is 36.0 Å². The maximum Gasteiger partial charge on any atom is 0.225 e. The number of aryl methyl sites for hydroxylation is 1. The van der Waals surface area contributed by atoms with Crippen molar-refractivity contribution in [2.75, 3.05) is 17.2 Å². The lowest BCUT2D eigenvalue weighted by Crippen LogP contribution is -2.16. The fraction of sp³-hybridized carbons (Fsp3) is 0.412. The maximum absolute atomic E-state index is 5.44. The lowest BCUT2D eigenvalue weighted by molar-refractivity contribution is 0.340. The zero-order chi connectivity index (χ0) is 15.9. The van der Waals surface area contributed by atoms with Crippen molar-refractivity contribution in [2.24, 2.45) is 0 Å². The van der Waals surface area contributed by atoms with Gasteiger partial charge in [0.15, 0.2) is 0 Å². The standard InChI is InChI=1S/C17H24N4O/c1-5-12(3)18-17-19-13(4)11-16(21-17)20-14-7-9-15(10-8-14)22-6-2/h7-12H,5-6H2,1-4H3,(H2,18,19,20,21). The summed E-state index contributed by atoms with van der Waals surface area (Å²) in [5.41, 5.74) is 1.89. The van der Waals surface area contributed by atoms with Crippen LogP contribution < -0.4 is 15.4 Å². The van der Waals surface area contributed by atoms with Gasteiger partial charge in [-0.1, -0.05) is 6.92 Å². The fourth-order valence-electron chi connectivity index (χ4n) is 1.97.